The highest BCUT2D eigenvalue weighted by molar-refractivity contribution is 9.10. The minimum Gasteiger partial charge on any atom is -0.373 e. The molecule has 1 heterocycles. The number of nitrogens with one attached hydrogen (secondary N) is 1. The van der Waals surface area contributed by atoms with Gasteiger partial charge in [-0.25, -0.2) is 4.98 Å². The third-order valence-corrected chi connectivity index (χ3v) is 2.55. The van der Waals surface area contributed by atoms with Crippen LogP contribution in [0.5, 0.6) is 0 Å². The van der Waals surface area contributed by atoms with Crippen LogP contribution in [0.25, 0.3) is 6.08 Å². The molecule has 0 aliphatic rings. The molecular weight excluding hydrogens is 240 g/mol. The average Bonchev–Trinajstić information content (AvgIpc) is 2.15. The second-order valence-electron chi connectivity index (χ2n) is 3.07. The molecule has 1 aromatic heterocycles. The van der Waals surface area contributed by atoms with Gasteiger partial charge in [0.2, 0.25) is 0 Å². The first-order valence-corrected chi connectivity index (χ1v) is 5.49. The Morgan fingerprint density at radius 1 is 1.57 bits per heavy atom. The zero-order chi connectivity index (χ0) is 10.6. The molecule has 0 saturated carbocycles. The molecule has 14 heavy (non-hydrogen) atoms. The number of nitrogens with zero attached hydrogens (tertiary/aromatic N) is 1. The second kappa shape index (κ2) is 5.15. The fourth-order valence-electron chi connectivity index (χ4n) is 1.23. The van der Waals surface area contributed by atoms with Gasteiger partial charge in [-0.2, -0.15) is 0 Å². The van der Waals surface area contributed by atoms with Crippen molar-refractivity contribution >= 4 is 27.8 Å². The maximum Gasteiger partial charge on any atom is 0.134 e. The Hall–Kier alpha value is -0.830. The third-order valence-electron chi connectivity index (χ3n) is 1.89. The molecule has 1 N–H and O–H groups in total. The Kier molecular flexibility index (Phi) is 4.14. The summed E-state index contributed by atoms with van der Waals surface area (Å²) in [4.78, 5) is 4.41. The lowest BCUT2D eigenvalue weighted by Crippen LogP contribution is -1.97. The fourth-order valence-corrected chi connectivity index (χ4v) is 1.88. The molecule has 0 saturated heterocycles. The van der Waals surface area contributed by atoms with Gasteiger partial charge in [-0.3, -0.25) is 0 Å². The highest BCUT2D eigenvalue weighted by atomic mass is 79.9. The van der Waals surface area contributed by atoms with Gasteiger partial charge in [0.25, 0.3) is 0 Å². The van der Waals surface area contributed by atoms with Gasteiger partial charge in [0.05, 0.1) is 0 Å². The first kappa shape index (κ1) is 11.2. The van der Waals surface area contributed by atoms with Gasteiger partial charge in [0, 0.05) is 22.8 Å². The van der Waals surface area contributed by atoms with Crippen molar-refractivity contribution in [3.63, 3.8) is 0 Å². The monoisotopic (exact) mass is 254 g/mol. The summed E-state index contributed by atoms with van der Waals surface area (Å²) in [5.41, 5.74) is 2.12. The van der Waals surface area contributed by atoms with Crippen molar-refractivity contribution in [3.05, 3.63) is 27.9 Å². The van der Waals surface area contributed by atoms with Crippen LogP contribution in [-0.4, -0.2) is 12.0 Å². The molecule has 0 amide bonds. The molecule has 1 aromatic rings. The predicted octanol–water partition coefficient (Wildman–Crippen LogP) is 3.62. The Bertz CT molecular complexity index is 345. The van der Waals surface area contributed by atoms with Crippen LogP contribution in [0.4, 0.5) is 5.82 Å². The predicted molar refractivity (Wildman–Crippen MR) is 65.5 cm³/mol. The molecule has 76 valence electrons. The van der Waals surface area contributed by atoms with E-state index in [4.69, 9.17) is 0 Å². The molecule has 1 rings (SSSR count). The van der Waals surface area contributed by atoms with E-state index in [1.807, 2.05) is 20.0 Å². The Labute approximate surface area is 93.6 Å². The van der Waals surface area contributed by atoms with Crippen LogP contribution in [0.3, 0.4) is 0 Å². The van der Waals surface area contributed by atoms with Crippen molar-refractivity contribution in [2.24, 2.45) is 0 Å². The molecule has 0 aliphatic heterocycles. The first-order valence-electron chi connectivity index (χ1n) is 4.70. The van der Waals surface area contributed by atoms with Crippen LogP contribution < -0.4 is 5.32 Å². The smallest absolute Gasteiger partial charge is 0.134 e. The van der Waals surface area contributed by atoms with Gasteiger partial charge in [-0.05, 0) is 35.3 Å². The van der Waals surface area contributed by atoms with Gasteiger partial charge in [-0.1, -0.05) is 19.1 Å². The molecule has 0 atom stereocenters. The van der Waals surface area contributed by atoms with E-state index in [-0.39, 0.29) is 0 Å². The highest BCUT2D eigenvalue weighted by Crippen LogP contribution is 2.25. The highest BCUT2D eigenvalue weighted by Gasteiger charge is 2.04. The molecule has 3 heteroatoms. The number of pyridine rings is 1. The average molecular weight is 255 g/mol. The molecular formula is C11H15BrN2. The van der Waals surface area contributed by atoms with E-state index in [2.05, 4.69) is 45.3 Å². The molecule has 0 bridgehead atoms. The van der Waals surface area contributed by atoms with Gasteiger partial charge >= 0.3 is 0 Å². The van der Waals surface area contributed by atoms with Crippen molar-refractivity contribution in [2.75, 3.05) is 12.4 Å². The molecule has 0 spiro atoms. The van der Waals surface area contributed by atoms with E-state index in [1.165, 1.54) is 0 Å². The van der Waals surface area contributed by atoms with Gasteiger partial charge < -0.3 is 5.32 Å². The van der Waals surface area contributed by atoms with Crippen molar-refractivity contribution in [1.29, 1.82) is 0 Å². The minimum atomic E-state index is 0.918. The van der Waals surface area contributed by atoms with E-state index in [9.17, 15) is 0 Å². The summed E-state index contributed by atoms with van der Waals surface area (Å²) in [6, 6.07) is 2.02. The maximum absolute atomic E-state index is 4.41. The lowest BCUT2D eigenvalue weighted by atomic mass is 10.2. The second-order valence-corrected chi connectivity index (χ2v) is 3.92. The van der Waals surface area contributed by atoms with Crippen LogP contribution in [0.15, 0.2) is 16.6 Å². The number of hydrogen-bond acceptors (Lipinski definition) is 2. The van der Waals surface area contributed by atoms with E-state index < -0.39 is 0 Å². The van der Waals surface area contributed by atoms with Crippen molar-refractivity contribution in [3.8, 4) is 0 Å². The lowest BCUT2D eigenvalue weighted by molar-refractivity contribution is 1.17. The molecule has 0 aliphatic carbocycles. The molecule has 0 aromatic carbocycles. The first-order chi connectivity index (χ1) is 6.69. The van der Waals surface area contributed by atoms with Gasteiger partial charge in [0.1, 0.15) is 5.82 Å². The van der Waals surface area contributed by atoms with Crippen LogP contribution in [-0.2, 0) is 0 Å². The number of aromatic nitrogens is 1. The summed E-state index contributed by atoms with van der Waals surface area (Å²) in [5, 5.41) is 3.09. The minimum absolute atomic E-state index is 0.918. The largest absolute Gasteiger partial charge is 0.373 e. The number of allylic oxidation sites excluding steroid dienone is 1. The lowest BCUT2D eigenvalue weighted by Gasteiger charge is -2.07. The van der Waals surface area contributed by atoms with Crippen molar-refractivity contribution in [2.45, 2.75) is 20.3 Å². The fraction of sp³-hybridized carbons (Fsp3) is 0.364. The Morgan fingerprint density at radius 2 is 2.29 bits per heavy atom. The summed E-state index contributed by atoms with van der Waals surface area (Å²) in [6.07, 6.45) is 5.24. The standard InChI is InChI=1S/C11H15BrN2/c1-4-5-6-9-10(12)7-8(2)14-11(9)13-3/h5-7H,4H2,1-3H3,(H,13,14)/b6-5+. The van der Waals surface area contributed by atoms with Crippen molar-refractivity contribution in [1.82, 2.24) is 4.98 Å². The number of rotatable bonds is 3. The topological polar surface area (TPSA) is 24.9 Å². The summed E-state index contributed by atoms with van der Waals surface area (Å²) in [5.74, 6) is 0.918. The maximum atomic E-state index is 4.41. The summed E-state index contributed by atoms with van der Waals surface area (Å²) in [6.45, 7) is 4.10. The number of hydrogen-bond donors (Lipinski definition) is 1. The number of anilines is 1. The Balaban J connectivity index is 3.18. The van der Waals surface area contributed by atoms with E-state index in [0.717, 1.165) is 28.0 Å². The van der Waals surface area contributed by atoms with Crippen molar-refractivity contribution < 1.29 is 0 Å². The van der Waals surface area contributed by atoms with E-state index in [0.29, 0.717) is 0 Å². The number of halogens is 1. The van der Waals surface area contributed by atoms with Crippen LogP contribution in [0, 0.1) is 6.92 Å². The summed E-state index contributed by atoms with van der Waals surface area (Å²) in [7, 11) is 1.89. The van der Waals surface area contributed by atoms with E-state index in [1.54, 1.807) is 0 Å². The molecule has 0 unspecified atom stereocenters. The normalized spacial score (nSPS) is 10.9. The van der Waals surface area contributed by atoms with Gasteiger partial charge in [-0.15, -0.1) is 0 Å². The Morgan fingerprint density at radius 3 is 2.86 bits per heavy atom. The SMILES string of the molecule is CC/C=C/c1c(Br)cc(C)nc1NC. The van der Waals surface area contributed by atoms with Gasteiger partial charge in [0.15, 0.2) is 0 Å². The third kappa shape index (κ3) is 2.58. The zero-order valence-corrected chi connectivity index (χ0v) is 10.4. The summed E-state index contributed by atoms with van der Waals surface area (Å²) >= 11 is 3.54. The van der Waals surface area contributed by atoms with Crippen LogP contribution in [0.1, 0.15) is 24.6 Å². The van der Waals surface area contributed by atoms with E-state index >= 15 is 0 Å². The quantitative estimate of drug-likeness (QED) is 0.892. The molecule has 0 fully saturated rings. The van der Waals surface area contributed by atoms with Crippen LogP contribution in [0.2, 0.25) is 0 Å². The number of aryl methyl sites for hydroxylation is 1. The zero-order valence-electron chi connectivity index (χ0n) is 8.76. The van der Waals surface area contributed by atoms with Crippen LogP contribution >= 0.6 is 15.9 Å². The summed E-state index contributed by atoms with van der Waals surface area (Å²) < 4.78 is 1.08. The molecule has 0 radical (unpaired) electrons. The molecule has 2 nitrogen and oxygen atoms in total.